The molecule has 0 atom stereocenters. The Balaban J connectivity index is 2.69. The maximum atomic E-state index is 12.8. The lowest BCUT2D eigenvalue weighted by atomic mass is 10.1. The second-order valence-corrected chi connectivity index (χ2v) is 3.22. The van der Waals surface area contributed by atoms with E-state index < -0.39 is 5.92 Å². The smallest absolute Gasteiger partial charge is 0.270 e. The summed E-state index contributed by atoms with van der Waals surface area (Å²) in [6.07, 6.45) is 0. The van der Waals surface area contributed by atoms with Crippen LogP contribution in [-0.2, 0) is 12.5 Å². The van der Waals surface area contributed by atoms with Gasteiger partial charge in [-0.15, -0.1) is 0 Å². The van der Waals surface area contributed by atoms with E-state index in [4.69, 9.17) is 5.73 Å². The minimum atomic E-state index is -2.76. The van der Waals surface area contributed by atoms with Gasteiger partial charge in [0.25, 0.3) is 5.92 Å². The topological polar surface area (TPSA) is 38.0 Å². The molecule has 4 heteroatoms. The number of halogens is 2. The molecule has 0 amide bonds. The Morgan fingerprint density at radius 2 is 1.86 bits per heavy atom. The molecule has 14 heavy (non-hydrogen) atoms. The van der Waals surface area contributed by atoms with Crippen LogP contribution in [0, 0.1) is 0 Å². The van der Waals surface area contributed by atoms with Crippen LogP contribution in [0.25, 0.3) is 0 Å². The maximum absolute atomic E-state index is 12.8. The van der Waals surface area contributed by atoms with Crippen LogP contribution in [0.4, 0.5) is 8.78 Å². The summed E-state index contributed by atoms with van der Waals surface area (Å²) >= 11 is 0. The van der Waals surface area contributed by atoms with Crippen molar-refractivity contribution in [2.45, 2.75) is 19.4 Å². The van der Waals surface area contributed by atoms with E-state index in [9.17, 15) is 8.78 Å². The summed E-state index contributed by atoms with van der Waals surface area (Å²) in [6.45, 7) is 1.87. The van der Waals surface area contributed by atoms with E-state index >= 15 is 0 Å². The van der Waals surface area contributed by atoms with Crippen molar-refractivity contribution in [3.05, 3.63) is 35.4 Å². The molecule has 0 saturated heterocycles. The van der Waals surface area contributed by atoms with Gasteiger partial charge in [0.2, 0.25) is 0 Å². The molecule has 2 nitrogen and oxygen atoms in total. The average molecular weight is 200 g/mol. The summed E-state index contributed by atoms with van der Waals surface area (Å²) < 4.78 is 25.6. The molecule has 3 N–H and O–H groups in total. The number of hydrogen-bond acceptors (Lipinski definition) is 2. The fraction of sp³-hybridized carbons (Fsp3) is 0.400. The van der Waals surface area contributed by atoms with Gasteiger partial charge in [0.15, 0.2) is 0 Å². The highest BCUT2D eigenvalue weighted by Crippen LogP contribution is 2.26. The lowest BCUT2D eigenvalue weighted by Gasteiger charge is -2.11. The molecule has 0 fully saturated rings. The van der Waals surface area contributed by atoms with Crippen molar-refractivity contribution < 1.29 is 8.78 Å². The summed E-state index contributed by atoms with van der Waals surface area (Å²) in [5.41, 5.74) is 6.23. The highest BCUT2D eigenvalue weighted by Gasteiger charge is 2.23. The van der Waals surface area contributed by atoms with Gasteiger partial charge in [-0.05, 0) is 5.56 Å². The normalized spacial score (nSPS) is 11.7. The van der Waals surface area contributed by atoms with Crippen molar-refractivity contribution >= 4 is 0 Å². The second-order valence-electron chi connectivity index (χ2n) is 3.22. The Labute approximate surface area is 82.1 Å². The zero-order valence-corrected chi connectivity index (χ0v) is 8.06. The molecule has 0 radical (unpaired) electrons. The molecule has 0 aliphatic carbocycles. The third kappa shape index (κ3) is 3.05. The first-order chi connectivity index (χ1) is 6.54. The number of benzene rings is 1. The van der Waals surface area contributed by atoms with E-state index in [-0.39, 0.29) is 5.56 Å². The van der Waals surface area contributed by atoms with Crippen LogP contribution in [0.15, 0.2) is 24.3 Å². The monoisotopic (exact) mass is 200 g/mol. The van der Waals surface area contributed by atoms with Gasteiger partial charge in [-0.1, -0.05) is 24.3 Å². The van der Waals surface area contributed by atoms with E-state index in [0.717, 1.165) is 12.5 Å². The van der Waals surface area contributed by atoms with Crippen molar-refractivity contribution in [2.75, 3.05) is 6.67 Å². The Bertz CT molecular complexity index is 277. The van der Waals surface area contributed by atoms with Crippen LogP contribution < -0.4 is 11.1 Å². The third-order valence-corrected chi connectivity index (χ3v) is 1.93. The third-order valence-electron chi connectivity index (χ3n) is 1.93. The first-order valence-electron chi connectivity index (χ1n) is 4.42. The predicted octanol–water partition coefficient (Wildman–Crippen LogP) is 1.80. The van der Waals surface area contributed by atoms with Crippen LogP contribution >= 0.6 is 0 Å². The van der Waals surface area contributed by atoms with E-state index in [1.165, 1.54) is 12.1 Å². The molecule has 0 bridgehead atoms. The van der Waals surface area contributed by atoms with Crippen LogP contribution in [0.5, 0.6) is 0 Å². The van der Waals surface area contributed by atoms with Crippen molar-refractivity contribution in [3.63, 3.8) is 0 Å². The summed E-state index contributed by atoms with van der Waals surface area (Å²) in [6, 6.07) is 6.23. The fourth-order valence-electron chi connectivity index (χ4n) is 1.13. The highest BCUT2D eigenvalue weighted by atomic mass is 19.3. The van der Waals surface area contributed by atoms with Gasteiger partial charge >= 0.3 is 0 Å². The number of nitrogens with two attached hydrogens (primary N) is 1. The summed E-state index contributed by atoms with van der Waals surface area (Å²) in [4.78, 5) is 0. The van der Waals surface area contributed by atoms with Gasteiger partial charge in [0.05, 0.1) is 0 Å². The Hall–Kier alpha value is -1.00. The van der Waals surface area contributed by atoms with Crippen molar-refractivity contribution in [1.29, 1.82) is 0 Å². The SMILES string of the molecule is CC(F)(F)c1ccc(CNCN)cc1. The van der Waals surface area contributed by atoms with Gasteiger partial charge in [-0.2, -0.15) is 0 Å². The molecule has 1 aromatic carbocycles. The maximum Gasteiger partial charge on any atom is 0.270 e. The zero-order valence-electron chi connectivity index (χ0n) is 8.06. The second kappa shape index (κ2) is 4.48. The van der Waals surface area contributed by atoms with Crippen LogP contribution in [-0.4, -0.2) is 6.67 Å². The number of alkyl halides is 2. The number of nitrogens with one attached hydrogen (secondary N) is 1. The first-order valence-corrected chi connectivity index (χ1v) is 4.42. The van der Waals surface area contributed by atoms with Crippen LogP contribution in [0.2, 0.25) is 0 Å². The molecule has 0 aliphatic rings. The molecule has 0 spiro atoms. The molecule has 0 aromatic heterocycles. The van der Waals surface area contributed by atoms with Crippen molar-refractivity contribution in [2.24, 2.45) is 5.73 Å². The lowest BCUT2D eigenvalue weighted by Crippen LogP contribution is -2.21. The molecule has 0 aliphatic heterocycles. The standard InChI is InChI=1S/C10H14F2N2/c1-10(11,12)9-4-2-8(3-5-9)6-14-7-13/h2-5,14H,6-7,13H2,1H3. The van der Waals surface area contributed by atoms with E-state index in [2.05, 4.69) is 5.32 Å². The van der Waals surface area contributed by atoms with E-state index in [0.29, 0.717) is 13.2 Å². The molecular weight excluding hydrogens is 186 g/mol. The lowest BCUT2D eigenvalue weighted by molar-refractivity contribution is 0.0174. The molecular formula is C10H14F2N2. The predicted molar refractivity (Wildman–Crippen MR) is 51.9 cm³/mol. The minimum absolute atomic E-state index is 0.0361. The summed E-state index contributed by atoms with van der Waals surface area (Å²) in [5.74, 6) is -2.76. The summed E-state index contributed by atoms with van der Waals surface area (Å²) in [7, 11) is 0. The Kier molecular flexibility index (Phi) is 3.55. The average Bonchev–Trinajstić information content (AvgIpc) is 2.14. The van der Waals surface area contributed by atoms with Gasteiger partial charge in [-0.3, -0.25) is 0 Å². The van der Waals surface area contributed by atoms with Gasteiger partial charge < -0.3 is 11.1 Å². The largest absolute Gasteiger partial charge is 0.318 e. The molecule has 78 valence electrons. The molecule has 1 rings (SSSR count). The van der Waals surface area contributed by atoms with E-state index in [1.807, 2.05) is 0 Å². The van der Waals surface area contributed by atoms with Gasteiger partial charge in [-0.25, -0.2) is 8.78 Å². The van der Waals surface area contributed by atoms with Gasteiger partial charge in [0, 0.05) is 25.7 Å². The highest BCUT2D eigenvalue weighted by molar-refractivity contribution is 5.25. The molecule has 0 unspecified atom stereocenters. The quantitative estimate of drug-likeness (QED) is 0.727. The van der Waals surface area contributed by atoms with Gasteiger partial charge in [0.1, 0.15) is 0 Å². The summed E-state index contributed by atoms with van der Waals surface area (Å²) in [5, 5.41) is 2.91. The molecule has 1 aromatic rings. The Morgan fingerprint density at radius 3 is 2.29 bits per heavy atom. The minimum Gasteiger partial charge on any atom is -0.318 e. The Morgan fingerprint density at radius 1 is 1.29 bits per heavy atom. The molecule has 0 heterocycles. The van der Waals surface area contributed by atoms with Crippen LogP contribution in [0.3, 0.4) is 0 Å². The molecule has 0 saturated carbocycles. The number of hydrogen-bond donors (Lipinski definition) is 2. The zero-order chi connectivity index (χ0) is 10.6. The van der Waals surface area contributed by atoms with Crippen molar-refractivity contribution in [1.82, 2.24) is 5.32 Å². The van der Waals surface area contributed by atoms with Crippen LogP contribution in [0.1, 0.15) is 18.1 Å². The van der Waals surface area contributed by atoms with E-state index in [1.54, 1.807) is 12.1 Å². The fourth-order valence-corrected chi connectivity index (χ4v) is 1.13. The van der Waals surface area contributed by atoms with Crippen molar-refractivity contribution in [3.8, 4) is 0 Å². The first kappa shape index (κ1) is 11.1. The number of rotatable bonds is 4.